The molecule has 1 aliphatic heterocycles. The molecule has 0 aromatic carbocycles. The zero-order valence-corrected chi connectivity index (χ0v) is 6.89. The van der Waals surface area contributed by atoms with E-state index < -0.39 is 0 Å². The highest BCUT2D eigenvalue weighted by Gasteiger charge is 2.33. The van der Waals surface area contributed by atoms with Crippen LogP contribution in [0.5, 0.6) is 0 Å². The molecule has 0 aromatic heterocycles. The highest BCUT2D eigenvalue weighted by molar-refractivity contribution is 4.83. The lowest BCUT2D eigenvalue weighted by molar-refractivity contribution is -0.0264. The minimum atomic E-state index is 0.129. The first-order valence-electron chi connectivity index (χ1n) is 4.08. The van der Waals surface area contributed by atoms with Crippen LogP contribution < -0.4 is 5.73 Å². The van der Waals surface area contributed by atoms with Crippen molar-refractivity contribution >= 4 is 0 Å². The van der Waals surface area contributed by atoms with Crippen LogP contribution in [0.4, 0.5) is 0 Å². The van der Waals surface area contributed by atoms with Crippen LogP contribution in [-0.4, -0.2) is 18.2 Å². The van der Waals surface area contributed by atoms with Gasteiger partial charge in [-0.2, -0.15) is 0 Å². The third-order valence-corrected chi connectivity index (χ3v) is 2.46. The van der Waals surface area contributed by atoms with Crippen molar-refractivity contribution in [1.82, 2.24) is 0 Å². The molecule has 1 saturated heterocycles. The molecule has 60 valence electrons. The van der Waals surface area contributed by atoms with Crippen molar-refractivity contribution in [2.24, 2.45) is 5.73 Å². The molecule has 2 N–H and O–H groups in total. The van der Waals surface area contributed by atoms with Crippen LogP contribution in [0.15, 0.2) is 0 Å². The van der Waals surface area contributed by atoms with Gasteiger partial charge in [-0.05, 0) is 26.2 Å². The van der Waals surface area contributed by atoms with Crippen LogP contribution >= 0.6 is 0 Å². The largest absolute Gasteiger partial charge is 0.371 e. The molecule has 0 saturated carbocycles. The summed E-state index contributed by atoms with van der Waals surface area (Å²) < 4.78 is 5.72. The minimum Gasteiger partial charge on any atom is -0.371 e. The summed E-state index contributed by atoms with van der Waals surface area (Å²) in [6.07, 6.45) is 3.74. The monoisotopic (exact) mass is 143 g/mol. The topological polar surface area (TPSA) is 35.2 Å². The van der Waals surface area contributed by atoms with E-state index >= 15 is 0 Å². The van der Waals surface area contributed by atoms with Crippen LogP contribution in [-0.2, 0) is 4.74 Å². The summed E-state index contributed by atoms with van der Waals surface area (Å²) >= 11 is 0. The zero-order chi connectivity index (χ0) is 7.61. The van der Waals surface area contributed by atoms with E-state index in [1.54, 1.807) is 0 Å². The van der Waals surface area contributed by atoms with E-state index in [-0.39, 0.29) is 5.60 Å². The first kappa shape index (κ1) is 8.02. The van der Waals surface area contributed by atoms with Gasteiger partial charge in [-0.15, -0.1) is 0 Å². The van der Waals surface area contributed by atoms with Gasteiger partial charge in [0.15, 0.2) is 0 Å². The molecule has 2 atom stereocenters. The van der Waals surface area contributed by atoms with Crippen LogP contribution in [0.3, 0.4) is 0 Å². The van der Waals surface area contributed by atoms with Crippen LogP contribution in [0.25, 0.3) is 0 Å². The summed E-state index contributed by atoms with van der Waals surface area (Å²) in [4.78, 5) is 0. The van der Waals surface area contributed by atoms with E-state index in [4.69, 9.17) is 10.5 Å². The molecular formula is C8H17NO. The summed E-state index contributed by atoms with van der Waals surface area (Å²) in [5.74, 6) is 0. The van der Waals surface area contributed by atoms with E-state index in [2.05, 4.69) is 13.8 Å². The summed E-state index contributed by atoms with van der Waals surface area (Å²) in [7, 11) is 0. The summed E-state index contributed by atoms with van der Waals surface area (Å²) in [6.45, 7) is 5.01. The molecule has 2 unspecified atom stereocenters. The molecule has 0 radical (unpaired) electrons. The molecular weight excluding hydrogens is 126 g/mol. The highest BCUT2D eigenvalue weighted by atomic mass is 16.5. The van der Waals surface area contributed by atoms with E-state index in [0.717, 1.165) is 12.8 Å². The standard InChI is InChI=1S/C8H17NO/c1-3-8(2)5-4-7(6-9)10-8/h7H,3-6,9H2,1-2H3. The van der Waals surface area contributed by atoms with Gasteiger partial charge in [0.25, 0.3) is 0 Å². The minimum absolute atomic E-state index is 0.129. The van der Waals surface area contributed by atoms with E-state index in [0.29, 0.717) is 12.6 Å². The van der Waals surface area contributed by atoms with Gasteiger partial charge in [-0.3, -0.25) is 0 Å². The molecule has 2 heteroatoms. The predicted octanol–water partition coefficient (Wildman–Crippen LogP) is 1.29. The van der Waals surface area contributed by atoms with E-state index in [1.807, 2.05) is 0 Å². The second-order valence-electron chi connectivity index (χ2n) is 3.32. The molecule has 2 nitrogen and oxygen atoms in total. The van der Waals surface area contributed by atoms with Crippen molar-refractivity contribution in [3.63, 3.8) is 0 Å². The molecule has 1 aliphatic rings. The van der Waals surface area contributed by atoms with Crippen molar-refractivity contribution in [2.75, 3.05) is 6.54 Å². The van der Waals surface area contributed by atoms with Gasteiger partial charge in [-0.1, -0.05) is 6.92 Å². The molecule has 0 amide bonds. The molecule has 0 aromatic rings. The molecule has 0 bridgehead atoms. The number of ether oxygens (including phenoxy) is 1. The highest BCUT2D eigenvalue weighted by Crippen LogP contribution is 2.31. The van der Waals surface area contributed by atoms with Crippen molar-refractivity contribution < 1.29 is 4.74 Å². The summed E-state index contributed by atoms with van der Waals surface area (Å²) in [6, 6.07) is 0. The quantitative estimate of drug-likeness (QED) is 0.632. The Morgan fingerprint density at radius 3 is 2.70 bits per heavy atom. The maximum atomic E-state index is 5.72. The number of rotatable bonds is 2. The Bertz CT molecular complexity index is 116. The number of hydrogen-bond donors (Lipinski definition) is 1. The predicted molar refractivity (Wildman–Crippen MR) is 41.9 cm³/mol. The molecule has 1 heterocycles. The average molecular weight is 143 g/mol. The maximum Gasteiger partial charge on any atom is 0.0705 e. The van der Waals surface area contributed by atoms with Gasteiger partial charge < -0.3 is 10.5 Å². The van der Waals surface area contributed by atoms with Crippen LogP contribution in [0.2, 0.25) is 0 Å². The maximum absolute atomic E-state index is 5.72. The van der Waals surface area contributed by atoms with Crippen molar-refractivity contribution in [3.8, 4) is 0 Å². The van der Waals surface area contributed by atoms with Crippen molar-refractivity contribution in [3.05, 3.63) is 0 Å². The van der Waals surface area contributed by atoms with E-state index in [9.17, 15) is 0 Å². The van der Waals surface area contributed by atoms with Gasteiger partial charge in [-0.25, -0.2) is 0 Å². The molecule has 0 aliphatic carbocycles. The Balaban J connectivity index is 2.41. The second kappa shape index (κ2) is 2.89. The van der Waals surface area contributed by atoms with Crippen molar-refractivity contribution in [2.45, 2.75) is 44.8 Å². The smallest absolute Gasteiger partial charge is 0.0705 e. The Hall–Kier alpha value is -0.0800. The lowest BCUT2D eigenvalue weighted by atomic mass is 9.99. The third-order valence-electron chi connectivity index (χ3n) is 2.46. The second-order valence-corrected chi connectivity index (χ2v) is 3.32. The lowest BCUT2D eigenvalue weighted by Gasteiger charge is -2.22. The van der Waals surface area contributed by atoms with E-state index in [1.165, 1.54) is 6.42 Å². The molecule has 10 heavy (non-hydrogen) atoms. The normalized spacial score (nSPS) is 40.5. The summed E-state index contributed by atoms with van der Waals surface area (Å²) in [5, 5.41) is 0. The fourth-order valence-electron chi connectivity index (χ4n) is 1.41. The molecule has 1 fully saturated rings. The van der Waals surface area contributed by atoms with Gasteiger partial charge >= 0.3 is 0 Å². The van der Waals surface area contributed by atoms with Gasteiger partial charge in [0.2, 0.25) is 0 Å². The first-order valence-corrected chi connectivity index (χ1v) is 4.08. The first-order chi connectivity index (χ1) is 4.70. The van der Waals surface area contributed by atoms with Crippen LogP contribution in [0.1, 0.15) is 33.1 Å². The third kappa shape index (κ3) is 1.50. The van der Waals surface area contributed by atoms with Gasteiger partial charge in [0.05, 0.1) is 11.7 Å². The van der Waals surface area contributed by atoms with Gasteiger partial charge in [0, 0.05) is 6.54 Å². The molecule has 1 rings (SSSR count). The number of nitrogens with two attached hydrogens (primary N) is 1. The fraction of sp³-hybridized carbons (Fsp3) is 1.00. The van der Waals surface area contributed by atoms with Gasteiger partial charge in [0.1, 0.15) is 0 Å². The average Bonchev–Trinajstić information content (AvgIpc) is 2.33. The Labute approximate surface area is 62.7 Å². The Morgan fingerprint density at radius 1 is 1.70 bits per heavy atom. The number of hydrogen-bond acceptors (Lipinski definition) is 2. The molecule has 0 spiro atoms. The lowest BCUT2D eigenvalue weighted by Crippen LogP contribution is -2.27. The zero-order valence-electron chi connectivity index (χ0n) is 6.89. The Kier molecular flexibility index (Phi) is 2.32. The Morgan fingerprint density at radius 2 is 2.40 bits per heavy atom. The van der Waals surface area contributed by atoms with Crippen LogP contribution in [0, 0.1) is 0 Å². The summed E-state index contributed by atoms with van der Waals surface area (Å²) in [5.41, 5.74) is 5.61. The SMILES string of the molecule is CCC1(C)CCC(CN)O1. The van der Waals surface area contributed by atoms with Crippen molar-refractivity contribution in [1.29, 1.82) is 0 Å². The fourth-order valence-corrected chi connectivity index (χ4v) is 1.41.